The molecule has 1 saturated carbocycles. The second-order valence-corrected chi connectivity index (χ2v) is 5.50. The van der Waals surface area contributed by atoms with Crippen molar-refractivity contribution in [3.8, 4) is 0 Å². The van der Waals surface area contributed by atoms with Crippen molar-refractivity contribution < 1.29 is 14.3 Å². The molecule has 1 unspecified atom stereocenters. The monoisotopic (exact) mass is 254 g/mol. The Kier molecular flexibility index (Phi) is 4.22. The molecule has 0 aromatic heterocycles. The summed E-state index contributed by atoms with van der Waals surface area (Å²) < 4.78 is 5.09. The Balaban J connectivity index is 1.70. The van der Waals surface area contributed by atoms with Gasteiger partial charge < -0.3 is 15.4 Å². The molecule has 18 heavy (non-hydrogen) atoms. The molecule has 102 valence electrons. The van der Waals surface area contributed by atoms with Crippen molar-refractivity contribution in [1.29, 1.82) is 0 Å². The van der Waals surface area contributed by atoms with Gasteiger partial charge in [0.2, 0.25) is 11.8 Å². The van der Waals surface area contributed by atoms with Gasteiger partial charge in [0.1, 0.15) is 0 Å². The Morgan fingerprint density at radius 1 is 1.56 bits per heavy atom. The van der Waals surface area contributed by atoms with Crippen LogP contribution in [-0.2, 0) is 14.3 Å². The topological polar surface area (TPSA) is 67.4 Å². The molecule has 1 atom stereocenters. The summed E-state index contributed by atoms with van der Waals surface area (Å²) >= 11 is 0. The van der Waals surface area contributed by atoms with Crippen LogP contribution in [0, 0.1) is 11.3 Å². The fraction of sp³-hybridized carbons (Fsp3) is 0.846. The van der Waals surface area contributed by atoms with Crippen molar-refractivity contribution in [3.63, 3.8) is 0 Å². The molecule has 1 saturated heterocycles. The van der Waals surface area contributed by atoms with Crippen LogP contribution < -0.4 is 10.6 Å². The lowest BCUT2D eigenvalue weighted by molar-refractivity contribution is -0.129. The predicted octanol–water partition coefficient (Wildman–Crippen LogP) is 0.445. The van der Waals surface area contributed by atoms with Gasteiger partial charge >= 0.3 is 0 Å². The molecule has 0 radical (unpaired) electrons. The zero-order valence-electron chi connectivity index (χ0n) is 11.0. The van der Waals surface area contributed by atoms with E-state index in [4.69, 9.17) is 4.74 Å². The number of methoxy groups -OCH3 is 1. The van der Waals surface area contributed by atoms with Crippen LogP contribution in [0.3, 0.4) is 0 Å². The summed E-state index contributed by atoms with van der Waals surface area (Å²) in [6.07, 6.45) is 4.51. The van der Waals surface area contributed by atoms with Crippen molar-refractivity contribution in [2.45, 2.75) is 32.1 Å². The average Bonchev–Trinajstić information content (AvgIpc) is 3.15. The van der Waals surface area contributed by atoms with E-state index in [-0.39, 0.29) is 23.1 Å². The Labute approximate surface area is 108 Å². The van der Waals surface area contributed by atoms with Crippen molar-refractivity contribution in [2.24, 2.45) is 11.3 Å². The molecule has 2 fully saturated rings. The first-order valence-corrected chi connectivity index (χ1v) is 6.69. The van der Waals surface area contributed by atoms with Gasteiger partial charge in [-0.2, -0.15) is 0 Å². The second kappa shape index (κ2) is 5.69. The second-order valence-electron chi connectivity index (χ2n) is 5.50. The molecular weight excluding hydrogens is 232 g/mol. The van der Waals surface area contributed by atoms with Gasteiger partial charge in [-0.1, -0.05) is 0 Å². The fourth-order valence-electron chi connectivity index (χ4n) is 2.39. The fourth-order valence-corrected chi connectivity index (χ4v) is 2.39. The number of hydrogen-bond acceptors (Lipinski definition) is 3. The molecule has 1 heterocycles. The van der Waals surface area contributed by atoms with E-state index in [0.29, 0.717) is 19.4 Å². The summed E-state index contributed by atoms with van der Waals surface area (Å²) in [6.45, 7) is 1.99. The summed E-state index contributed by atoms with van der Waals surface area (Å²) in [6, 6.07) is 0. The molecule has 2 amide bonds. The highest BCUT2D eigenvalue weighted by molar-refractivity contribution is 5.83. The maximum atomic E-state index is 12.0. The third-order valence-corrected chi connectivity index (χ3v) is 4.07. The highest BCUT2D eigenvalue weighted by Crippen LogP contribution is 2.48. The number of nitrogens with one attached hydrogen (secondary N) is 2. The molecular formula is C13H22N2O3. The van der Waals surface area contributed by atoms with Crippen LogP contribution in [0.4, 0.5) is 0 Å². The Morgan fingerprint density at radius 3 is 2.89 bits per heavy atom. The Hall–Kier alpha value is -1.10. The van der Waals surface area contributed by atoms with Gasteiger partial charge in [-0.05, 0) is 31.1 Å². The van der Waals surface area contributed by atoms with Gasteiger partial charge in [-0.25, -0.2) is 0 Å². The molecule has 0 aromatic rings. The number of amides is 2. The van der Waals surface area contributed by atoms with Gasteiger partial charge in [0.25, 0.3) is 0 Å². The average molecular weight is 254 g/mol. The van der Waals surface area contributed by atoms with Crippen LogP contribution in [0.1, 0.15) is 32.1 Å². The number of ether oxygens (including phenoxy) is 1. The molecule has 5 heteroatoms. The third-order valence-electron chi connectivity index (χ3n) is 4.07. The van der Waals surface area contributed by atoms with Crippen LogP contribution >= 0.6 is 0 Å². The van der Waals surface area contributed by atoms with Gasteiger partial charge in [-0.3, -0.25) is 9.59 Å². The minimum absolute atomic E-state index is 0.0535. The number of carbonyl (C=O) groups is 2. The lowest BCUT2D eigenvalue weighted by Gasteiger charge is -2.23. The molecule has 1 aliphatic carbocycles. The zero-order chi connectivity index (χ0) is 13.0. The Morgan fingerprint density at radius 2 is 2.33 bits per heavy atom. The molecule has 2 N–H and O–H groups in total. The number of rotatable bonds is 6. The SMILES string of the molecule is COCCC1(CNC(=O)C2CCC(=O)NC2)CC1. The normalized spacial score (nSPS) is 25.4. The summed E-state index contributed by atoms with van der Waals surface area (Å²) in [4.78, 5) is 23.0. The molecule has 2 rings (SSSR count). The maximum absolute atomic E-state index is 12.0. The molecule has 2 aliphatic rings. The van der Waals surface area contributed by atoms with E-state index in [1.807, 2.05) is 0 Å². The minimum Gasteiger partial charge on any atom is -0.385 e. The summed E-state index contributed by atoms with van der Waals surface area (Å²) in [5.41, 5.74) is 0.281. The molecule has 0 spiro atoms. The van der Waals surface area contributed by atoms with E-state index in [2.05, 4.69) is 10.6 Å². The molecule has 0 bridgehead atoms. The van der Waals surface area contributed by atoms with E-state index >= 15 is 0 Å². The van der Waals surface area contributed by atoms with Crippen molar-refractivity contribution >= 4 is 11.8 Å². The minimum atomic E-state index is -0.0547. The summed E-state index contributed by atoms with van der Waals surface area (Å²) in [5.74, 6) is 0.0809. The lowest BCUT2D eigenvalue weighted by Crippen LogP contribution is -2.44. The lowest BCUT2D eigenvalue weighted by atomic mass is 9.97. The van der Waals surface area contributed by atoms with Crippen LogP contribution in [-0.4, -0.2) is 38.6 Å². The van der Waals surface area contributed by atoms with Crippen LogP contribution in [0.15, 0.2) is 0 Å². The van der Waals surface area contributed by atoms with E-state index in [0.717, 1.165) is 19.6 Å². The van der Waals surface area contributed by atoms with E-state index in [1.165, 1.54) is 12.8 Å². The zero-order valence-corrected chi connectivity index (χ0v) is 11.0. The van der Waals surface area contributed by atoms with Crippen LogP contribution in [0.2, 0.25) is 0 Å². The highest BCUT2D eigenvalue weighted by atomic mass is 16.5. The molecule has 0 aromatic carbocycles. The number of hydrogen-bond donors (Lipinski definition) is 2. The molecule has 5 nitrogen and oxygen atoms in total. The van der Waals surface area contributed by atoms with Gasteiger partial charge in [0.15, 0.2) is 0 Å². The summed E-state index contributed by atoms with van der Waals surface area (Å²) in [7, 11) is 1.71. The standard InChI is InChI=1S/C13H22N2O3/c1-18-7-6-13(4-5-13)9-15-12(17)10-2-3-11(16)14-8-10/h10H,2-9H2,1H3,(H,14,16)(H,15,17). The maximum Gasteiger partial charge on any atom is 0.224 e. The quantitative estimate of drug-likeness (QED) is 0.723. The Bertz CT molecular complexity index is 316. The van der Waals surface area contributed by atoms with E-state index in [1.54, 1.807) is 7.11 Å². The van der Waals surface area contributed by atoms with Gasteiger partial charge in [-0.15, -0.1) is 0 Å². The van der Waals surface area contributed by atoms with Crippen LogP contribution in [0.5, 0.6) is 0 Å². The largest absolute Gasteiger partial charge is 0.385 e. The number of piperidine rings is 1. The van der Waals surface area contributed by atoms with Gasteiger partial charge in [0.05, 0.1) is 5.92 Å². The first kappa shape index (κ1) is 13.3. The molecule has 1 aliphatic heterocycles. The van der Waals surface area contributed by atoms with Crippen LogP contribution in [0.25, 0.3) is 0 Å². The van der Waals surface area contributed by atoms with Crippen molar-refractivity contribution in [1.82, 2.24) is 10.6 Å². The van der Waals surface area contributed by atoms with Crippen molar-refractivity contribution in [2.75, 3.05) is 26.8 Å². The summed E-state index contributed by atoms with van der Waals surface area (Å²) in [5, 5.41) is 5.77. The van der Waals surface area contributed by atoms with Gasteiger partial charge in [0, 0.05) is 33.2 Å². The van der Waals surface area contributed by atoms with Crippen molar-refractivity contribution in [3.05, 3.63) is 0 Å². The first-order valence-electron chi connectivity index (χ1n) is 6.69. The predicted molar refractivity (Wildman–Crippen MR) is 66.9 cm³/mol. The highest BCUT2D eigenvalue weighted by Gasteiger charge is 2.42. The van der Waals surface area contributed by atoms with E-state index in [9.17, 15) is 9.59 Å². The first-order chi connectivity index (χ1) is 8.65. The smallest absolute Gasteiger partial charge is 0.224 e. The third kappa shape index (κ3) is 3.45. The number of carbonyl (C=O) groups excluding carboxylic acids is 2. The van der Waals surface area contributed by atoms with E-state index < -0.39 is 0 Å².